The molecule has 2 N–H and O–H groups in total. The molecule has 2 aromatic rings. The van der Waals surface area contributed by atoms with E-state index in [1.807, 2.05) is 61.5 Å². The van der Waals surface area contributed by atoms with Crippen molar-refractivity contribution in [3.63, 3.8) is 0 Å². The molecule has 0 unspecified atom stereocenters. The Morgan fingerprint density at radius 1 is 1.07 bits per heavy atom. The zero-order valence-corrected chi connectivity index (χ0v) is 17.4. The van der Waals surface area contributed by atoms with E-state index in [2.05, 4.69) is 20.6 Å². The van der Waals surface area contributed by atoms with Gasteiger partial charge in [-0.25, -0.2) is 4.98 Å². The number of hydrogen-bond donors (Lipinski definition) is 2. The number of anilines is 1. The minimum atomic E-state index is 0.0136. The third-order valence-corrected chi connectivity index (χ3v) is 4.20. The minimum absolute atomic E-state index is 0.0136. The zero-order chi connectivity index (χ0) is 20.5. The number of amides is 1. The molecule has 0 spiro atoms. The highest BCUT2D eigenvalue weighted by molar-refractivity contribution is 5.94. The molecule has 0 saturated heterocycles. The molecule has 0 atom stereocenters. The van der Waals surface area contributed by atoms with E-state index in [-0.39, 0.29) is 5.91 Å². The van der Waals surface area contributed by atoms with Crippen molar-refractivity contribution in [2.45, 2.75) is 13.0 Å². The molecule has 1 heterocycles. The summed E-state index contributed by atoms with van der Waals surface area (Å²) in [6, 6.07) is 13.7. The van der Waals surface area contributed by atoms with E-state index in [0.29, 0.717) is 18.7 Å². The summed E-state index contributed by atoms with van der Waals surface area (Å²) >= 11 is 0. The fourth-order valence-electron chi connectivity index (χ4n) is 2.65. The molecule has 0 aliphatic rings. The highest BCUT2D eigenvalue weighted by Gasteiger charge is 2.08. The lowest BCUT2D eigenvalue weighted by Gasteiger charge is -2.14. The van der Waals surface area contributed by atoms with Crippen LogP contribution in [0.15, 0.2) is 47.5 Å². The average Bonchev–Trinajstić information content (AvgIpc) is 2.70. The molecule has 1 aromatic carbocycles. The van der Waals surface area contributed by atoms with E-state index in [9.17, 15) is 4.79 Å². The van der Waals surface area contributed by atoms with Crippen LogP contribution >= 0.6 is 0 Å². The van der Waals surface area contributed by atoms with Crippen LogP contribution in [-0.4, -0.2) is 63.5 Å². The standard InChI is InChI=1S/C21H30N6O/c1-22-21(24-15-18-10-7-11-19(25-18)26(2)3)23-13-12-16-8-6-9-17(14-16)20(28)27(4)5/h6-11,14H,12-13,15H2,1-5H3,(H2,22,23,24). The maximum absolute atomic E-state index is 12.1. The van der Waals surface area contributed by atoms with Crippen LogP contribution in [-0.2, 0) is 13.0 Å². The quantitative estimate of drug-likeness (QED) is 0.564. The molecule has 150 valence electrons. The number of carbonyl (C=O) groups excluding carboxylic acids is 1. The molecule has 0 saturated carbocycles. The zero-order valence-electron chi connectivity index (χ0n) is 17.4. The van der Waals surface area contributed by atoms with Gasteiger partial charge in [0.1, 0.15) is 5.82 Å². The van der Waals surface area contributed by atoms with Gasteiger partial charge in [-0.2, -0.15) is 0 Å². The summed E-state index contributed by atoms with van der Waals surface area (Å²) in [5, 5.41) is 6.58. The van der Waals surface area contributed by atoms with Crippen LogP contribution in [0.2, 0.25) is 0 Å². The Kier molecular flexibility index (Phi) is 7.80. The van der Waals surface area contributed by atoms with Crippen molar-refractivity contribution >= 4 is 17.7 Å². The van der Waals surface area contributed by atoms with Gasteiger partial charge in [-0.15, -0.1) is 0 Å². The largest absolute Gasteiger partial charge is 0.363 e. The van der Waals surface area contributed by atoms with Crippen molar-refractivity contribution in [3.8, 4) is 0 Å². The van der Waals surface area contributed by atoms with Gasteiger partial charge in [0.2, 0.25) is 0 Å². The van der Waals surface area contributed by atoms with Crippen molar-refractivity contribution in [1.29, 1.82) is 0 Å². The first-order chi connectivity index (χ1) is 13.4. The highest BCUT2D eigenvalue weighted by atomic mass is 16.2. The van der Waals surface area contributed by atoms with Gasteiger partial charge in [0, 0.05) is 47.3 Å². The molecule has 1 aromatic heterocycles. The van der Waals surface area contributed by atoms with Crippen LogP contribution in [0.3, 0.4) is 0 Å². The topological polar surface area (TPSA) is 72.9 Å². The number of benzene rings is 1. The first-order valence-electron chi connectivity index (χ1n) is 9.29. The third kappa shape index (κ3) is 6.26. The summed E-state index contributed by atoms with van der Waals surface area (Å²) in [6.45, 7) is 1.30. The van der Waals surface area contributed by atoms with Crippen LogP contribution in [0.1, 0.15) is 21.6 Å². The fourth-order valence-corrected chi connectivity index (χ4v) is 2.65. The van der Waals surface area contributed by atoms with Crippen LogP contribution in [0.4, 0.5) is 5.82 Å². The normalized spacial score (nSPS) is 11.1. The second-order valence-corrected chi connectivity index (χ2v) is 6.88. The van der Waals surface area contributed by atoms with E-state index in [1.54, 1.807) is 26.0 Å². The third-order valence-electron chi connectivity index (χ3n) is 4.20. The Morgan fingerprint density at radius 3 is 2.50 bits per heavy atom. The second-order valence-electron chi connectivity index (χ2n) is 6.88. The Labute approximate surface area is 167 Å². The summed E-state index contributed by atoms with van der Waals surface area (Å²) in [5.41, 5.74) is 2.76. The molecule has 0 aliphatic carbocycles. The molecule has 28 heavy (non-hydrogen) atoms. The van der Waals surface area contributed by atoms with E-state index in [0.717, 1.165) is 29.5 Å². The van der Waals surface area contributed by atoms with Crippen molar-refractivity contribution in [1.82, 2.24) is 20.5 Å². The second kappa shape index (κ2) is 10.3. The summed E-state index contributed by atoms with van der Waals surface area (Å²) in [5.74, 6) is 1.66. The number of aromatic nitrogens is 1. The summed E-state index contributed by atoms with van der Waals surface area (Å²) in [7, 11) is 9.21. The van der Waals surface area contributed by atoms with Gasteiger partial charge in [0.25, 0.3) is 5.91 Å². The lowest BCUT2D eigenvalue weighted by molar-refractivity contribution is 0.0827. The molecule has 7 nitrogen and oxygen atoms in total. The van der Waals surface area contributed by atoms with E-state index in [1.165, 1.54) is 0 Å². The Balaban J connectivity index is 1.85. The van der Waals surface area contributed by atoms with Crippen molar-refractivity contribution in [2.75, 3.05) is 46.7 Å². The number of aliphatic imine (C=N–C) groups is 1. The predicted molar refractivity (Wildman–Crippen MR) is 115 cm³/mol. The van der Waals surface area contributed by atoms with Crippen LogP contribution in [0.25, 0.3) is 0 Å². The first kappa shape index (κ1) is 21.2. The number of hydrogen-bond acceptors (Lipinski definition) is 4. The summed E-state index contributed by atoms with van der Waals surface area (Å²) in [4.78, 5) is 24.5. The molecule has 2 rings (SSSR count). The first-order valence-corrected chi connectivity index (χ1v) is 9.29. The molecule has 1 amide bonds. The molecule has 0 radical (unpaired) electrons. The van der Waals surface area contributed by atoms with Gasteiger partial charge in [-0.3, -0.25) is 9.79 Å². The van der Waals surface area contributed by atoms with Gasteiger partial charge in [-0.1, -0.05) is 18.2 Å². The number of carbonyl (C=O) groups is 1. The Bertz CT molecular complexity index is 816. The van der Waals surface area contributed by atoms with Crippen LogP contribution < -0.4 is 15.5 Å². The lowest BCUT2D eigenvalue weighted by atomic mass is 10.1. The highest BCUT2D eigenvalue weighted by Crippen LogP contribution is 2.08. The maximum Gasteiger partial charge on any atom is 0.253 e. The van der Waals surface area contributed by atoms with Gasteiger partial charge >= 0.3 is 0 Å². The lowest BCUT2D eigenvalue weighted by Crippen LogP contribution is -2.38. The summed E-state index contributed by atoms with van der Waals surface area (Å²) in [6.07, 6.45) is 0.795. The van der Waals surface area contributed by atoms with Crippen molar-refractivity contribution in [3.05, 3.63) is 59.3 Å². The number of pyridine rings is 1. The van der Waals surface area contributed by atoms with Crippen molar-refractivity contribution in [2.24, 2.45) is 4.99 Å². The monoisotopic (exact) mass is 382 g/mol. The molecular formula is C21H30N6O. The summed E-state index contributed by atoms with van der Waals surface area (Å²) < 4.78 is 0. The molecular weight excluding hydrogens is 352 g/mol. The number of nitrogens with one attached hydrogen (secondary N) is 2. The predicted octanol–water partition coefficient (Wildman–Crippen LogP) is 1.76. The molecule has 7 heteroatoms. The SMILES string of the molecule is CN=C(NCCc1cccc(C(=O)N(C)C)c1)NCc1cccc(N(C)C)n1. The van der Waals surface area contributed by atoms with E-state index >= 15 is 0 Å². The molecule has 0 fully saturated rings. The van der Waals surface area contributed by atoms with Crippen molar-refractivity contribution < 1.29 is 4.79 Å². The average molecular weight is 383 g/mol. The van der Waals surface area contributed by atoms with E-state index in [4.69, 9.17) is 0 Å². The van der Waals surface area contributed by atoms with Gasteiger partial charge in [0.05, 0.1) is 12.2 Å². The van der Waals surface area contributed by atoms with Crippen LogP contribution in [0.5, 0.6) is 0 Å². The Hall–Kier alpha value is -3.09. The van der Waals surface area contributed by atoms with Gasteiger partial charge < -0.3 is 20.4 Å². The van der Waals surface area contributed by atoms with E-state index < -0.39 is 0 Å². The van der Waals surface area contributed by atoms with Gasteiger partial charge in [-0.05, 0) is 36.2 Å². The smallest absolute Gasteiger partial charge is 0.253 e. The maximum atomic E-state index is 12.1. The minimum Gasteiger partial charge on any atom is -0.363 e. The fraction of sp³-hybridized carbons (Fsp3) is 0.381. The molecule has 0 aliphatic heterocycles. The number of rotatable bonds is 7. The number of nitrogens with zero attached hydrogens (tertiary/aromatic N) is 4. The van der Waals surface area contributed by atoms with Gasteiger partial charge in [0.15, 0.2) is 5.96 Å². The van der Waals surface area contributed by atoms with Crippen LogP contribution in [0, 0.1) is 0 Å². The number of guanidine groups is 1. The molecule has 0 bridgehead atoms. The Morgan fingerprint density at radius 2 is 1.82 bits per heavy atom.